The first-order valence-corrected chi connectivity index (χ1v) is 11.3. The number of benzene rings is 1. The van der Waals surface area contributed by atoms with Gasteiger partial charge in [-0.1, -0.05) is 19.3 Å². The zero-order valence-corrected chi connectivity index (χ0v) is 18.1. The molecule has 2 heterocycles. The third-order valence-electron chi connectivity index (χ3n) is 5.96. The summed E-state index contributed by atoms with van der Waals surface area (Å²) in [6.07, 6.45) is 7.65. The third-order valence-corrected chi connectivity index (χ3v) is 6.86. The van der Waals surface area contributed by atoms with E-state index >= 15 is 0 Å². The zero-order valence-electron chi connectivity index (χ0n) is 16.0. The Labute approximate surface area is 179 Å². The lowest BCUT2D eigenvalue weighted by molar-refractivity contribution is -0.117. The summed E-state index contributed by atoms with van der Waals surface area (Å²) < 4.78 is 1.03. The van der Waals surface area contributed by atoms with E-state index in [9.17, 15) is 4.79 Å². The van der Waals surface area contributed by atoms with Crippen molar-refractivity contribution in [3.05, 3.63) is 27.8 Å². The molecule has 1 aromatic carbocycles. The van der Waals surface area contributed by atoms with Gasteiger partial charge < -0.3 is 10.2 Å². The molecule has 2 aromatic rings. The van der Waals surface area contributed by atoms with Crippen LogP contribution in [-0.2, 0) is 4.79 Å². The Morgan fingerprint density at radius 1 is 1.21 bits per heavy atom. The number of aromatic nitrogens is 1. The molecule has 146 valence electrons. The van der Waals surface area contributed by atoms with Gasteiger partial charge in [0.15, 0.2) is 0 Å². The van der Waals surface area contributed by atoms with Gasteiger partial charge in [0, 0.05) is 28.5 Å². The van der Waals surface area contributed by atoms with Crippen LogP contribution < -0.4 is 10.2 Å². The molecule has 1 N–H and O–H groups in total. The Morgan fingerprint density at radius 2 is 2.04 bits per heavy atom. The summed E-state index contributed by atoms with van der Waals surface area (Å²) in [4.78, 5) is 19.6. The van der Waals surface area contributed by atoms with Gasteiger partial charge in [0.1, 0.15) is 5.82 Å². The highest BCUT2D eigenvalue weighted by molar-refractivity contribution is 14.1. The highest BCUT2D eigenvalue weighted by atomic mass is 127. The van der Waals surface area contributed by atoms with Crippen LogP contribution in [0.5, 0.6) is 0 Å². The number of pyridine rings is 1. The number of nitrogens with zero attached hydrogens (tertiary/aromatic N) is 3. The summed E-state index contributed by atoms with van der Waals surface area (Å²) in [5.41, 5.74) is 1.75. The number of rotatable bonds is 4. The smallest absolute Gasteiger partial charge is 0.224 e. The number of carbonyl (C=O) groups excluding carboxylic acids is 1. The van der Waals surface area contributed by atoms with E-state index in [1.165, 1.54) is 32.1 Å². The maximum Gasteiger partial charge on any atom is 0.224 e. The van der Waals surface area contributed by atoms with Crippen LogP contribution in [0.1, 0.15) is 44.9 Å². The molecule has 6 heteroatoms. The van der Waals surface area contributed by atoms with E-state index in [0.717, 1.165) is 45.5 Å². The average Bonchev–Trinajstić information content (AvgIpc) is 3.20. The van der Waals surface area contributed by atoms with Crippen molar-refractivity contribution in [2.75, 3.05) is 23.3 Å². The summed E-state index contributed by atoms with van der Waals surface area (Å²) in [5, 5.41) is 13.3. The number of anilines is 2. The Bertz CT molecular complexity index is 917. The maximum absolute atomic E-state index is 12.6. The molecule has 2 aliphatic rings. The second-order valence-electron chi connectivity index (χ2n) is 7.98. The van der Waals surface area contributed by atoms with Crippen LogP contribution in [0.15, 0.2) is 24.3 Å². The monoisotopic (exact) mass is 488 g/mol. The second kappa shape index (κ2) is 8.64. The quantitative estimate of drug-likeness (QED) is 0.609. The van der Waals surface area contributed by atoms with Gasteiger partial charge in [0.2, 0.25) is 5.91 Å². The van der Waals surface area contributed by atoms with Gasteiger partial charge in [0.25, 0.3) is 0 Å². The summed E-state index contributed by atoms with van der Waals surface area (Å²) in [7, 11) is 0. The average molecular weight is 488 g/mol. The molecular weight excluding hydrogens is 463 g/mol. The van der Waals surface area contributed by atoms with Crippen molar-refractivity contribution in [1.82, 2.24) is 4.98 Å². The topological polar surface area (TPSA) is 69.0 Å². The minimum Gasteiger partial charge on any atom is -0.355 e. The van der Waals surface area contributed by atoms with Gasteiger partial charge in [-0.25, -0.2) is 4.98 Å². The molecule has 0 unspecified atom stereocenters. The van der Waals surface area contributed by atoms with Crippen LogP contribution in [0.2, 0.25) is 0 Å². The van der Waals surface area contributed by atoms with E-state index in [4.69, 9.17) is 10.2 Å². The fourth-order valence-electron chi connectivity index (χ4n) is 4.39. The molecule has 1 saturated heterocycles. The van der Waals surface area contributed by atoms with E-state index in [1.807, 2.05) is 18.2 Å². The predicted octanol–water partition coefficient (Wildman–Crippen LogP) is 5.10. The highest BCUT2D eigenvalue weighted by Crippen LogP contribution is 2.32. The minimum atomic E-state index is 0.0869. The van der Waals surface area contributed by atoms with E-state index in [1.54, 1.807) is 0 Å². The Kier molecular flexibility index (Phi) is 6.00. The summed E-state index contributed by atoms with van der Waals surface area (Å²) in [6, 6.07) is 10.4. The van der Waals surface area contributed by atoms with Crippen molar-refractivity contribution >= 4 is 50.9 Å². The van der Waals surface area contributed by atoms with Crippen molar-refractivity contribution in [1.29, 1.82) is 5.26 Å². The summed E-state index contributed by atoms with van der Waals surface area (Å²) in [6.45, 7) is 1.61. The van der Waals surface area contributed by atoms with E-state index in [0.29, 0.717) is 12.3 Å². The fraction of sp³-hybridized carbons (Fsp3) is 0.500. The van der Waals surface area contributed by atoms with Crippen molar-refractivity contribution in [2.45, 2.75) is 44.9 Å². The van der Waals surface area contributed by atoms with E-state index in [2.05, 4.69) is 44.9 Å². The molecule has 2 fully saturated rings. The lowest BCUT2D eigenvalue weighted by Gasteiger charge is -2.21. The number of hydrogen-bond acceptors (Lipinski definition) is 4. The molecule has 0 radical (unpaired) electrons. The van der Waals surface area contributed by atoms with Crippen molar-refractivity contribution in [3.8, 4) is 6.07 Å². The first-order chi connectivity index (χ1) is 13.6. The number of fused-ring (bicyclic) bond motifs is 1. The third kappa shape index (κ3) is 4.24. The molecule has 4 rings (SSSR count). The van der Waals surface area contributed by atoms with Crippen LogP contribution >= 0.6 is 22.6 Å². The molecule has 1 amide bonds. The largest absolute Gasteiger partial charge is 0.355 e. The molecule has 1 saturated carbocycles. The van der Waals surface area contributed by atoms with Crippen LogP contribution in [0.3, 0.4) is 0 Å². The number of nitrogens with one attached hydrogen (secondary N) is 1. The Balaban J connectivity index is 1.54. The Hall–Kier alpha value is -1.88. The normalized spacial score (nSPS) is 20.3. The van der Waals surface area contributed by atoms with Gasteiger partial charge in [-0.2, -0.15) is 5.26 Å². The number of amides is 1. The predicted molar refractivity (Wildman–Crippen MR) is 120 cm³/mol. The van der Waals surface area contributed by atoms with E-state index in [-0.39, 0.29) is 11.8 Å². The molecule has 1 aliphatic heterocycles. The highest BCUT2D eigenvalue weighted by Gasteiger charge is 2.24. The molecule has 1 aromatic heterocycles. The fourth-order valence-corrected chi connectivity index (χ4v) is 4.99. The number of hydrogen-bond donors (Lipinski definition) is 1. The summed E-state index contributed by atoms with van der Waals surface area (Å²) >= 11 is 2.28. The van der Waals surface area contributed by atoms with Gasteiger partial charge in [0.05, 0.1) is 23.2 Å². The maximum atomic E-state index is 12.6. The molecule has 28 heavy (non-hydrogen) atoms. The lowest BCUT2D eigenvalue weighted by Crippen LogP contribution is -2.21. The van der Waals surface area contributed by atoms with E-state index < -0.39 is 0 Å². The first-order valence-electron chi connectivity index (χ1n) is 10.2. The first kappa shape index (κ1) is 19.4. The SMILES string of the molecule is N#C[C@H]1CCN(c2ccc3c(NC(=O)CC4CCCCC4)c(I)ccc3n2)C1. The number of nitriles is 1. The van der Waals surface area contributed by atoms with Crippen LogP contribution in [0.25, 0.3) is 10.9 Å². The van der Waals surface area contributed by atoms with Crippen molar-refractivity contribution < 1.29 is 4.79 Å². The van der Waals surface area contributed by atoms with Gasteiger partial charge in [-0.15, -0.1) is 0 Å². The second-order valence-corrected chi connectivity index (χ2v) is 9.14. The molecular formula is C22H25IN4O. The summed E-state index contributed by atoms with van der Waals surface area (Å²) in [5.74, 6) is 1.63. The van der Waals surface area contributed by atoms with Crippen molar-refractivity contribution in [3.63, 3.8) is 0 Å². The van der Waals surface area contributed by atoms with Crippen LogP contribution in [0, 0.1) is 26.7 Å². The molecule has 0 spiro atoms. The molecule has 1 atom stereocenters. The zero-order chi connectivity index (χ0) is 19.5. The van der Waals surface area contributed by atoms with Crippen LogP contribution in [0.4, 0.5) is 11.5 Å². The molecule has 1 aliphatic carbocycles. The number of halogens is 1. The van der Waals surface area contributed by atoms with Gasteiger partial charge >= 0.3 is 0 Å². The van der Waals surface area contributed by atoms with Gasteiger partial charge in [-0.3, -0.25) is 4.79 Å². The Morgan fingerprint density at radius 3 is 2.79 bits per heavy atom. The molecule has 0 bridgehead atoms. The number of carbonyl (C=O) groups is 1. The molecule has 5 nitrogen and oxygen atoms in total. The van der Waals surface area contributed by atoms with Crippen molar-refractivity contribution in [2.24, 2.45) is 11.8 Å². The standard InChI is InChI=1S/C22H25IN4O/c23-18-7-8-19-17(6-9-20(25-19)27-11-10-16(13-24)14-27)22(18)26-21(28)12-15-4-2-1-3-5-15/h6-9,15-16H,1-5,10-12,14H2,(H,26,28)/t16-/m1/s1. The minimum absolute atomic E-state index is 0.0869. The van der Waals surface area contributed by atoms with Crippen LogP contribution in [-0.4, -0.2) is 24.0 Å². The lowest BCUT2D eigenvalue weighted by atomic mass is 9.87. The van der Waals surface area contributed by atoms with Gasteiger partial charge in [-0.05, 0) is 72.0 Å².